The maximum Gasteiger partial charge on any atom is 0.316 e. The second kappa shape index (κ2) is 7.54. The van der Waals surface area contributed by atoms with Crippen LogP contribution in [0.4, 0.5) is 0 Å². The van der Waals surface area contributed by atoms with Crippen LogP contribution in [0.15, 0.2) is 0 Å². The molecule has 2 unspecified atom stereocenters. The Hall–Kier alpha value is -0.860. The monoisotopic (exact) mass is 200 g/mol. The third-order valence-corrected chi connectivity index (χ3v) is 2.58. The van der Waals surface area contributed by atoms with Gasteiger partial charge in [-0.1, -0.05) is 33.6 Å². The van der Waals surface area contributed by atoms with E-state index >= 15 is 0 Å². The quantitative estimate of drug-likeness (QED) is 0.391. The molecule has 3 nitrogen and oxygen atoms in total. The number of carbonyl (C=O) groups excluding carboxylic acids is 2. The van der Waals surface area contributed by atoms with Crippen molar-refractivity contribution in [3.63, 3.8) is 0 Å². The van der Waals surface area contributed by atoms with Crippen LogP contribution in [0.1, 0.15) is 46.5 Å². The molecule has 1 rings (SSSR count). The topological polar surface area (TPSA) is 43.4 Å². The second-order valence-electron chi connectivity index (χ2n) is 3.40. The van der Waals surface area contributed by atoms with E-state index in [1.165, 1.54) is 6.42 Å². The first-order valence-electron chi connectivity index (χ1n) is 5.40. The first-order chi connectivity index (χ1) is 6.75. The van der Waals surface area contributed by atoms with Crippen molar-refractivity contribution in [3.8, 4) is 0 Å². The van der Waals surface area contributed by atoms with Gasteiger partial charge in [0.25, 0.3) is 0 Å². The van der Waals surface area contributed by atoms with Gasteiger partial charge in [0.05, 0.1) is 5.92 Å². The molecule has 1 saturated carbocycles. The van der Waals surface area contributed by atoms with Gasteiger partial charge in [-0.05, 0) is 18.8 Å². The number of esters is 1. The fraction of sp³-hybridized carbons (Fsp3) is 0.818. The van der Waals surface area contributed by atoms with Crippen molar-refractivity contribution in [2.24, 2.45) is 11.8 Å². The highest BCUT2D eigenvalue weighted by Gasteiger charge is 2.28. The maximum absolute atomic E-state index is 11.2. The van der Waals surface area contributed by atoms with Crippen molar-refractivity contribution < 1.29 is 14.3 Å². The van der Waals surface area contributed by atoms with Gasteiger partial charge in [-0.2, -0.15) is 0 Å². The van der Waals surface area contributed by atoms with Crippen molar-refractivity contribution in [1.82, 2.24) is 0 Å². The van der Waals surface area contributed by atoms with Crippen molar-refractivity contribution in [2.45, 2.75) is 46.5 Å². The van der Waals surface area contributed by atoms with E-state index in [-0.39, 0.29) is 18.4 Å². The summed E-state index contributed by atoms with van der Waals surface area (Å²) < 4.78 is 4.33. The Morgan fingerprint density at radius 3 is 2.36 bits per heavy atom. The van der Waals surface area contributed by atoms with Gasteiger partial charge >= 0.3 is 12.4 Å². The molecule has 0 aromatic heterocycles. The number of hydrogen-bond acceptors (Lipinski definition) is 3. The van der Waals surface area contributed by atoms with Crippen LogP contribution in [-0.4, -0.2) is 12.4 Å². The van der Waals surface area contributed by atoms with Crippen LogP contribution in [0.2, 0.25) is 0 Å². The SMILES string of the molecule is CC.CC1CCCCC1C(=O)OC=O. The molecule has 1 aliphatic rings. The molecule has 82 valence electrons. The fourth-order valence-corrected chi connectivity index (χ4v) is 1.80. The fourth-order valence-electron chi connectivity index (χ4n) is 1.80. The Labute approximate surface area is 85.8 Å². The van der Waals surface area contributed by atoms with Crippen LogP contribution >= 0.6 is 0 Å². The van der Waals surface area contributed by atoms with Gasteiger partial charge in [0.1, 0.15) is 0 Å². The number of ether oxygens (including phenoxy) is 1. The smallest absolute Gasteiger partial charge is 0.316 e. The average molecular weight is 200 g/mol. The minimum absolute atomic E-state index is 0.0519. The van der Waals surface area contributed by atoms with Gasteiger partial charge < -0.3 is 4.74 Å². The van der Waals surface area contributed by atoms with Crippen molar-refractivity contribution in [1.29, 1.82) is 0 Å². The highest BCUT2D eigenvalue weighted by atomic mass is 16.6. The summed E-state index contributed by atoms with van der Waals surface area (Å²) in [4.78, 5) is 21.1. The van der Waals surface area contributed by atoms with E-state index in [1.54, 1.807) is 0 Å². The zero-order chi connectivity index (χ0) is 11.0. The zero-order valence-electron chi connectivity index (χ0n) is 9.29. The molecule has 0 spiro atoms. The van der Waals surface area contributed by atoms with Gasteiger partial charge in [-0.3, -0.25) is 9.59 Å². The Morgan fingerprint density at radius 2 is 1.86 bits per heavy atom. The lowest BCUT2D eigenvalue weighted by atomic mass is 9.80. The van der Waals surface area contributed by atoms with Crippen LogP contribution in [0.5, 0.6) is 0 Å². The van der Waals surface area contributed by atoms with Crippen molar-refractivity contribution in [2.75, 3.05) is 0 Å². The zero-order valence-corrected chi connectivity index (χ0v) is 9.29. The summed E-state index contributed by atoms with van der Waals surface area (Å²) in [6.45, 7) is 6.26. The largest absolute Gasteiger partial charge is 0.395 e. The van der Waals surface area contributed by atoms with E-state index in [2.05, 4.69) is 4.74 Å². The molecule has 0 radical (unpaired) electrons. The van der Waals surface area contributed by atoms with Crippen LogP contribution in [-0.2, 0) is 14.3 Å². The minimum atomic E-state index is -0.350. The Balaban J connectivity index is 0.000000791. The normalized spacial score (nSPS) is 25.6. The third kappa shape index (κ3) is 3.90. The highest BCUT2D eigenvalue weighted by molar-refractivity contribution is 5.78. The summed E-state index contributed by atoms with van der Waals surface area (Å²) in [5.41, 5.74) is 0. The van der Waals surface area contributed by atoms with Crippen molar-refractivity contribution >= 4 is 12.4 Å². The predicted molar refractivity (Wildman–Crippen MR) is 54.6 cm³/mol. The molecule has 0 bridgehead atoms. The van der Waals surface area contributed by atoms with E-state index < -0.39 is 0 Å². The van der Waals surface area contributed by atoms with E-state index in [0.717, 1.165) is 19.3 Å². The summed E-state index contributed by atoms with van der Waals surface area (Å²) in [5.74, 6) is -0.0349. The number of rotatable bonds is 2. The number of hydrogen-bond donors (Lipinski definition) is 0. The summed E-state index contributed by atoms with van der Waals surface area (Å²) in [6, 6.07) is 0. The average Bonchev–Trinajstić information content (AvgIpc) is 2.22. The summed E-state index contributed by atoms with van der Waals surface area (Å²) in [6.07, 6.45) is 4.20. The molecule has 0 aliphatic heterocycles. The minimum Gasteiger partial charge on any atom is -0.395 e. The van der Waals surface area contributed by atoms with Crippen molar-refractivity contribution in [3.05, 3.63) is 0 Å². The summed E-state index contributed by atoms with van der Waals surface area (Å²) in [7, 11) is 0. The van der Waals surface area contributed by atoms with Crippen LogP contribution in [0.25, 0.3) is 0 Å². The Morgan fingerprint density at radius 1 is 1.29 bits per heavy atom. The highest BCUT2D eigenvalue weighted by Crippen LogP contribution is 2.30. The Bertz CT molecular complexity index is 177. The molecule has 1 fully saturated rings. The molecule has 0 N–H and O–H groups in total. The summed E-state index contributed by atoms with van der Waals surface area (Å²) >= 11 is 0. The first-order valence-corrected chi connectivity index (χ1v) is 5.40. The predicted octanol–water partition coefficient (Wildman–Crippen LogP) is 2.54. The first kappa shape index (κ1) is 13.1. The van der Waals surface area contributed by atoms with E-state index in [0.29, 0.717) is 5.92 Å². The van der Waals surface area contributed by atoms with Crippen LogP contribution in [0.3, 0.4) is 0 Å². The van der Waals surface area contributed by atoms with E-state index in [9.17, 15) is 9.59 Å². The van der Waals surface area contributed by atoms with Gasteiger partial charge in [0.15, 0.2) is 0 Å². The Kier molecular flexibility index (Phi) is 7.07. The van der Waals surface area contributed by atoms with E-state index in [1.807, 2.05) is 20.8 Å². The third-order valence-electron chi connectivity index (χ3n) is 2.58. The molecule has 14 heavy (non-hydrogen) atoms. The van der Waals surface area contributed by atoms with Gasteiger partial charge in [0, 0.05) is 0 Å². The molecule has 1 aliphatic carbocycles. The molecule has 0 amide bonds. The number of carbonyl (C=O) groups is 2. The molecule has 0 heterocycles. The van der Waals surface area contributed by atoms with Crippen LogP contribution in [0, 0.1) is 11.8 Å². The van der Waals surface area contributed by atoms with Crippen LogP contribution < -0.4 is 0 Å². The second-order valence-corrected chi connectivity index (χ2v) is 3.40. The molecule has 2 atom stereocenters. The molecule has 3 heteroatoms. The molecular weight excluding hydrogens is 180 g/mol. The van der Waals surface area contributed by atoms with E-state index in [4.69, 9.17) is 0 Å². The lowest BCUT2D eigenvalue weighted by Gasteiger charge is -2.25. The van der Waals surface area contributed by atoms with Gasteiger partial charge in [0.2, 0.25) is 0 Å². The maximum atomic E-state index is 11.2. The van der Waals surface area contributed by atoms with Gasteiger partial charge in [-0.15, -0.1) is 0 Å². The molecular formula is C11H20O3. The van der Waals surface area contributed by atoms with Gasteiger partial charge in [-0.25, -0.2) is 0 Å². The standard InChI is InChI=1S/C9H14O3.C2H6/c1-7-4-2-3-5-8(7)9(11)12-6-10;1-2/h6-8H,2-5H2,1H3;1-2H3. The molecule has 0 aromatic carbocycles. The summed E-state index contributed by atoms with van der Waals surface area (Å²) in [5, 5.41) is 0. The lowest BCUT2D eigenvalue weighted by molar-refractivity contribution is -0.157. The molecule has 0 aromatic rings. The molecule has 0 saturated heterocycles. The lowest BCUT2D eigenvalue weighted by Crippen LogP contribution is -2.26.